The lowest BCUT2D eigenvalue weighted by molar-refractivity contribution is -0.148. The summed E-state index contributed by atoms with van der Waals surface area (Å²) >= 11 is 0. The van der Waals surface area contributed by atoms with E-state index in [9.17, 15) is 14.4 Å². The van der Waals surface area contributed by atoms with Gasteiger partial charge in [0.05, 0.1) is 11.8 Å². The summed E-state index contributed by atoms with van der Waals surface area (Å²) in [4.78, 5) is 39.3. The smallest absolute Gasteiger partial charge is 0.243 e. The highest BCUT2D eigenvalue weighted by atomic mass is 16.2. The van der Waals surface area contributed by atoms with Crippen LogP contribution in [0.15, 0.2) is 12.2 Å². The van der Waals surface area contributed by atoms with E-state index in [1.54, 1.807) is 0 Å². The van der Waals surface area contributed by atoms with E-state index in [0.29, 0.717) is 31.7 Å². The maximum atomic E-state index is 12.7. The second-order valence-corrected chi connectivity index (χ2v) is 7.49. The minimum atomic E-state index is -0.681. The van der Waals surface area contributed by atoms with Gasteiger partial charge in [-0.05, 0) is 31.1 Å². The zero-order valence-electron chi connectivity index (χ0n) is 14.5. The molecule has 0 radical (unpaired) electrons. The standard InChI is InChI=1S/C18H28N2O3/c1-11(2)9-15(16(21)19-10-12(3)4)20-17(22)13-7-5-6-8-14(13)18(20)23/h5-6,11-15H,7-10H2,1-4H3,(H,19,21)/t13-,14-,15+/m1/s1. The van der Waals surface area contributed by atoms with Crippen LogP contribution in [0.25, 0.3) is 0 Å². The Balaban J connectivity index is 2.19. The Hall–Kier alpha value is -1.65. The van der Waals surface area contributed by atoms with Crippen molar-refractivity contribution in [3.05, 3.63) is 12.2 Å². The van der Waals surface area contributed by atoms with Crippen molar-refractivity contribution in [2.75, 3.05) is 6.54 Å². The molecule has 0 spiro atoms. The average Bonchev–Trinajstić information content (AvgIpc) is 2.74. The van der Waals surface area contributed by atoms with Gasteiger partial charge in [-0.1, -0.05) is 39.8 Å². The largest absolute Gasteiger partial charge is 0.354 e. The Labute approximate surface area is 138 Å². The fourth-order valence-electron chi connectivity index (χ4n) is 3.33. The van der Waals surface area contributed by atoms with E-state index >= 15 is 0 Å². The summed E-state index contributed by atoms with van der Waals surface area (Å²) in [5.74, 6) is -0.549. The second-order valence-electron chi connectivity index (χ2n) is 7.49. The highest BCUT2D eigenvalue weighted by Gasteiger charge is 2.51. The molecule has 2 rings (SSSR count). The van der Waals surface area contributed by atoms with Gasteiger partial charge in [0.25, 0.3) is 0 Å². The third-order valence-corrected chi connectivity index (χ3v) is 4.54. The molecule has 1 N–H and O–H groups in total. The van der Waals surface area contributed by atoms with Gasteiger partial charge in [-0.15, -0.1) is 0 Å². The molecule has 128 valence electrons. The molecule has 0 unspecified atom stereocenters. The van der Waals surface area contributed by atoms with Crippen LogP contribution in [0.1, 0.15) is 47.0 Å². The van der Waals surface area contributed by atoms with Crippen LogP contribution in [-0.4, -0.2) is 35.2 Å². The third-order valence-electron chi connectivity index (χ3n) is 4.54. The Bertz CT molecular complexity index is 484. The SMILES string of the molecule is CC(C)CNC(=O)[C@H](CC(C)C)N1C(=O)[C@@H]2CC=CC[C@H]2C1=O. The normalized spacial score (nSPS) is 25.2. The molecule has 0 saturated carbocycles. The van der Waals surface area contributed by atoms with Crippen LogP contribution in [0.3, 0.4) is 0 Å². The van der Waals surface area contributed by atoms with E-state index in [1.165, 1.54) is 4.90 Å². The third kappa shape index (κ3) is 3.82. The highest BCUT2D eigenvalue weighted by molar-refractivity contribution is 6.08. The summed E-state index contributed by atoms with van der Waals surface area (Å²) in [6, 6.07) is -0.681. The van der Waals surface area contributed by atoms with Crippen LogP contribution >= 0.6 is 0 Å². The number of nitrogens with one attached hydrogen (secondary N) is 1. The van der Waals surface area contributed by atoms with Crippen LogP contribution in [-0.2, 0) is 14.4 Å². The predicted octanol–water partition coefficient (Wildman–Crippen LogP) is 2.12. The lowest BCUT2D eigenvalue weighted by Crippen LogP contribution is -2.51. The lowest BCUT2D eigenvalue weighted by atomic mass is 9.85. The maximum Gasteiger partial charge on any atom is 0.243 e. The number of likely N-dealkylation sites (tertiary alicyclic amines) is 1. The minimum Gasteiger partial charge on any atom is -0.354 e. The van der Waals surface area contributed by atoms with Crippen molar-refractivity contribution >= 4 is 17.7 Å². The Morgan fingerprint density at radius 2 is 1.61 bits per heavy atom. The second kappa shape index (κ2) is 7.28. The number of fused-ring (bicyclic) bond motifs is 1. The first-order valence-corrected chi connectivity index (χ1v) is 8.62. The van der Waals surface area contributed by atoms with E-state index in [-0.39, 0.29) is 35.5 Å². The molecular formula is C18H28N2O3. The summed E-state index contributed by atoms with van der Waals surface area (Å²) in [5, 5.41) is 2.89. The van der Waals surface area contributed by atoms with Crippen LogP contribution in [0.5, 0.6) is 0 Å². The van der Waals surface area contributed by atoms with Gasteiger partial charge < -0.3 is 5.32 Å². The Morgan fingerprint density at radius 1 is 1.09 bits per heavy atom. The molecular weight excluding hydrogens is 292 g/mol. The number of carbonyl (C=O) groups excluding carboxylic acids is 3. The molecule has 1 aliphatic heterocycles. The first kappa shape index (κ1) is 17.7. The average molecular weight is 320 g/mol. The quantitative estimate of drug-likeness (QED) is 0.602. The molecule has 23 heavy (non-hydrogen) atoms. The van der Waals surface area contributed by atoms with Crippen molar-refractivity contribution in [2.24, 2.45) is 23.7 Å². The number of nitrogens with zero attached hydrogens (tertiary/aromatic N) is 1. The fourth-order valence-corrected chi connectivity index (χ4v) is 3.33. The number of allylic oxidation sites excluding steroid dienone is 2. The highest BCUT2D eigenvalue weighted by Crippen LogP contribution is 2.37. The summed E-state index contributed by atoms with van der Waals surface area (Å²) in [7, 11) is 0. The molecule has 0 aromatic rings. The summed E-state index contributed by atoms with van der Waals surface area (Å²) in [5.41, 5.74) is 0. The van der Waals surface area contributed by atoms with E-state index in [2.05, 4.69) is 5.32 Å². The molecule has 2 aliphatic rings. The molecule has 1 heterocycles. The van der Waals surface area contributed by atoms with Crippen LogP contribution in [0.2, 0.25) is 0 Å². The van der Waals surface area contributed by atoms with Gasteiger partial charge in [0, 0.05) is 6.54 Å². The monoisotopic (exact) mass is 320 g/mol. The molecule has 1 fully saturated rings. The van der Waals surface area contributed by atoms with Gasteiger partial charge in [0.2, 0.25) is 17.7 Å². The molecule has 1 aliphatic carbocycles. The molecule has 0 aromatic heterocycles. The molecule has 0 aromatic carbocycles. The summed E-state index contributed by atoms with van der Waals surface area (Å²) in [6.45, 7) is 8.59. The van der Waals surface area contributed by atoms with E-state index < -0.39 is 6.04 Å². The zero-order chi connectivity index (χ0) is 17.1. The molecule has 0 bridgehead atoms. The first-order chi connectivity index (χ1) is 10.8. The van der Waals surface area contributed by atoms with E-state index in [1.807, 2.05) is 39.8 Å². The predicted molar refractivity (Wildman–Crippen MR) is 88.3 cm³/mol. The van der Waals surface area contributed by atoms with E-state index in [4.69, 9.17) is 0 Å². The van der Waals surface area contributed by atoms with Crippen molar-refractivity contribution in [1.82, 2.24) is 10.2 Å². The maximum absolute atomic E-state index is 12.7. The van der Waals surface area contributed by atoms with Gasteiger partial charge >= 0.3 is 0 Å². The van der Waals surface area contributed by atoms with Crippen molar-refractivity contribution in [2.45, 2.75) is 53.0 Å². The van der Waals surface area contributed by atoms with Gasteiger partial charge in [-0.3, -0.25) is 19.3 Å². The number of rotatable bonds is 6. The topological polar surface area (TPSA) is 66.5 Å². The van der Waals surface area contributed by atoms with Gasteiger partial charge in [0.15, 0.2) is 0 Å². The van der Waals surface area contributed by atoms with Gasteiger partial charge in [0.1, 0.15) is 6.04 Å². The molecule has 1 saturated heterocycles. The van der Waals surface area contributed by atoms with Crippen molar-refractivity contribution in [3.63, 3.8) is 0 Å². The molecule has 3 atom stereocenters. The number of amides is 3. The van der Waals surface area contributed by atoms with Crippen LogP contribution in [0, 0.1) is 23.7 Å². The molecule has 5 nitrogen and oxygen atoms in total. The number of hydrogen-bond donors (Lipinski definition) is 1. The minimum absolute atomic E-state index is 0.172. The van der Waals surface area contributed by atoms with Crippen molar-refractivity contribution in [1.29, 1.82) is 0 Å². The van der Waals surface area contributed by atoms with Gasteiger partial charge in [-0.2, -0.15) is 0 Å². The van der Waals surface area contributed by atoms with Crippen LogP contribution in [0.4, 0.5) is 0 Å². The van der Waals surface area contributed by atoms with Crippen molar-refractivity contribution < 1.29 is 14.4 Å². The molecule has 3 amide bonds. The summed E-state index contributed by atoms with van der Waals surface area (Å²) < 4.78 is 0. The Kier molecular flexibility index (Phi) is 5.60. The van der Waals surface area contributed by atoms with Crippen LogP contribution < -0.4 is 5.32 Å². The number of hydrogen-bond acceptors (Lipinski definition) is 3. The summed E-state index contributed by atoms with van der Waals surface area (Å²) in [6.07, 6.45) is 5.65. The van der Waals surface area contributed by atoms with Crippen molar-refractivity contribution in [3.8, 4) is 0 Å². The Morgan fingerprint density at radius 3 is 2.04 bits per heavy atom. The van der Waals surface area contributed by atoms with Gasteiger partial charge in [-0.25, -0.2) is 0 Å². The fraction of sp³-hybridized carbons (Fsp3) is 0.722. The zero-order valence-corrected chi connectivity index (χ0v) is 14.5. The number of carbonyl (C=O) groups is 3. The number of imide groups is 1. The molecule has 5 heteroatoms. The lowest BCUT2D eigenvalue weighted by Gasteiger charge is -2.27. The first-order valence-electron chi connectivity index (χ1n) is 8.62. The van der Waals surface area contributed by atoms with E-state index in [0.717, 1.165) is 0 Å².